The van der Waals surface area contributed by atoms with Crippen molar-refractivity contribution >= 4 is 10.9 Å². The first kappa shape index (κ1) is 17.2. The number of fused-ring (bicyclic) bond motifs is 1. The van der Waals surface area contributed by atoms with Crippen LogP contribution in [0.5, 0.6) is 0 Å². The number of hydrogen-bond acceptors (Lipinski definition) is 1. The molecular weight excluding hydrogens is 337 g/mol. The van der Waals surface area contributed by atoms with E-state index in [1.54, 1.807) is 6.07 Å². The van der Waals surface area contributed by atoms with Crippen LogP contribution >= 0.6 is 0 Å². The van der Waals surface area contributed by atoms with Crippen LogP contribution in [0.25, 0.3) is 22.0 Å². The van der Waals surface area contributed by atoms with Crippen LogP contribution in [0.15, 0.2) is 48.7 Å². The molecule has 0 atom stereocenters. The van der Waals surface area contributed by atoms with Crippen molar-refractivity contribution in [3.8, 4) is 11.1 Å². The maximum atomic E-state index is 14.0. The molecule has 1 aliphatic rings. The zero-order valence-corrected chi connectivity index (χ0v) is 14.5. The third kappa shape index (κ3) is 3.23. The van der Waals surface area contributed by atoms with Crippen LogP contribution in [0.3, 0.4) is 0 Å². The highest BCUT2D eigenvalue weighted by Gasteiger charge is 2.16. The summed E-state index contributed by atoms with van der Waals surface area (Å²) < 4.78 is 41.8. The average molecular weight is 358 g/mol. The molecule has 1 aliphatic heterocycles. The van der Waals surface area contributed by atoms with Gasteiger partial charge in [0.05, 0.1) is 5.56 Å². The molecule has 26 heavy (non-hydrogen) atoms. The van der Waals surface area contributed by atoms with Gasteiger partial charge in [-0.2, -0.15) is 0 Å². The lowest BCUT2D eigenvalue weighted by molar-refractivity contribution is 0.146. The Balaban J connectivity index is 1.65. The van der Waals surface area contributed by atoms with E-state index in [1.165, 1.54) is 38.1 Å². The van der Waals surface area contributed by atoms with Gasteiger partial charge in [-0.25, -0.2) is 13.2 Å². The molecule has 0 amide bonds. The zero-order chi connectivity index (χ0) is 18.1. The van der Waals surface area contributed by atoms with E-state index >= 15 is 0 Å². The lowest BCUT2D eigenvalue weighted by atomic mass is 10.00. The van der Waals surface area contributed by atoms with Crippen LogP contribution in [-0.2, 0) is 6.54 Å². The quantitative estimate of drug-likeness (QED) is 0.586. The molecule has 3 aromatic rings. The van der Waals surface area contributed by atoms with Gasteiger partial charge in [-0.05, 0) is 61.3 Å². The van der Waals surface area contributed by atoms with E-state index in [9.17, 15) is 13.2 Å². The van der Waals surface area contributed by atoms with E-state index in [-0.39, 0.29) is 0 Å². The second-order valence-electron chi connectivity index (χ2n) is 6.83. The minimum atomic E-state index is -2.80. The number of likely N-dealkylation sites (tertiary alicyclic amines) is 1. The highest BCUT2D eigenvalue weighted by atomic mass is 19.3. The fraction of sp³-hybridized carbons (Fsp3) is 0.333. The predicted molar refractivity (Wildman–Crippen MR) is 98.0 cm³/mol. The molecule has 2 nitrogen and oxygen atoms in total. The second kappa shape index (κ2) is 7.16. The van der Waals surface area contributed by atoms with E-state index in [2.05, 4.69) is 9.47 Å². The van der Waals surface area contributed by atoms with Crippen molar-refractivity contribution in [2.24, 2.45) is 0 Å². The van der Waals surface area contributed by atoms with E-state index in [0.717, 1.165) is 29.6 Å². The van der Waals surface area contributed by atoms with Crippen LogP contribution in [0.2, 0.25) is 0 Å². The summed E-state index contributed by atoms with van der Waals surface area (Å²) in [5.74, 6) is -0.858. The van der Waals surface area contributed by atoms with Crippen molar-refractivity contribution in [3.05, 3.63) is 60.0 Å². The fourth-order valence-electron chi connectivity index (χ4n) is 3.80. The molecule has 1 fully saturated rings. The van der Waals surface area contributed by atoms with Crippen LogP contribution in [0.4, 0.5) is 13.2 Å². The molecule has 2 heterocycles. The first-order valence-corrected chi connectivity index (χ1v) is 9.01. The van der Waals surface area contributed by atoms with Gasteiger partial charge in [0.15, 0.2) is 0 Å². The molecule has 136 valence electrons. The molecule has 0 radical (unpaired) electrons. The SMILES string of the molecule is Fc1cc(-c2cccc3c2ccn3CCN2CCCC2)ccc1C(F)F. The first-order chi connectivity index (χ1) is 12.6. The van der Waals surface area contributed by atoms with Gasteiger partial charge in [-0.1, -0.05) is 18.2 Å². The lowest BCUT2D eigenvalue weighted by Gasteiger charge is -2.15. The molecule has 4 rings (SSSR count). The van der Waals surface area contributed by atoms with Crippen LogP contribution < -0.4 is 0 Å². The third-order valence-corrected chi connectivity index (χ3v) is 5.22. The van der Waals surface area contributed by atoms with Gasteiger partial charge < -0.3 is 9.47 Å². The maximum Gasteiger partial charge on any atom is 0.266 e. The minimum Gasteiger partial charge on any atom is -0.346 e. The number of benzene rings is 2. The van der Waals surface area contributed by atoms with Gasteiger partial charge >= 0.3 is 0 Å². The monoisotopic (exact) mass is 358 g/mol. The maximum absolute atomic E-state index is 14.0. The van der Waals surface area contributed by atoms with Crippen molar-refractivity contribution in [1.82, 2.24) is 9.47 Å². The smallest absolute Gasteiger partial charge is 0.266 e. The van der Waals surface area contributed by atoms with Gasteiger partial charge in [-0.3, -0.25) is 0 Å². The lowest BCUT2D eigenvalue weighted by Crippen LogP contribution is -2.23. The van der Waals surface area contributed by atoms with Gasteiger partial charge in [0.25, 0.3) is 6.43 Å². The van der Waals surface area contributed by atoms with Gasteiger partial charge in [0.2, 0.25) is 0 Å². The molecule has 0 spiro atoms. The summed E-state index contributed by atoms with van der Waals surface area (Å²) in [7, 11) is 0. The van der Waals surface area contributed by atoms with Crippen molar-refractivity contribution in [2.75, 3.05) is 19.6 Å². The van der Waals surface area contributed by atoms with E-state index in [0.29, 0.717) is 5.56 Å². The first-order valence-electron chi connectivity index (χ1n) is 9.01. The Hall–Kier alpha value is -2.27. The van der Waals surface area contributed by atoms with Gasteiger partial charge in [0, 0.05) is 30.2 Å². The number of hydrogen-bond donors (Lipinski definition) is 0. The molecule has 0 aliphatic carbocycles. The molecule has 0 bridgehead atoms. The van der Waals surface area contributed by atoms with Crippen molar-refractivity contribution in [3.63, 3.8) is 0 Å². The summed E-state index contributed by atoms with van der Waals surface area (Å²) in [4.78, 5) is 2.47. The summed E-state index contributed by atoms with van der Waals surface area (Å²) in [6.07, 6.45) is 1.80. The molecule has 0 unspecified atom stereocenters. The van der Waals surface area contributed by atoms with E-state index in [4.69, 9.17) is 0 Å². The van der Waals surface area contributed by atoms with E-state index < -0.39 is 17.8 Å². The molecule has 5 heteroatoms. The molecule has 0 saturated carbocycles. The molecule has 1 aromatic heterocycles. The predicted octanol–water partition coefficient (Wildman–Crippen LogP) is 5.48. The normalized spacial score (nSPS) is 15.4. The van der Waals surface area contributed by atoms with Crippen LogP contribution in [0.1, 0.15) is 24.8 Å². The Morgan fingerprint density at radius 1 is 0.962 bits per heavy atom. The number of nitrogens with zero attached hydrogens (tertiary/aromatic N) is 2. The topological polar surface area (TPSA) is 8.17 Å². The molecule has 0 N–H and O–H groups in total. The van der Waals surface area contributed by atoms with Crippen molar-refractivity contribution in [2.45, 2.75) is 25.8 Å². The summed E-state index contributed by atoms with van der Waals surface area (Å²) >= 11 is 0. The van der Waals surface area contributed by atoms with Gasteiger partial charge in [0.1, 0.15) is 5.82 Å². The number of aromatic nitrogens is 1. The highest BCUT2D eigenvalue weighted by Crippen LogP contribution is 2.32. The summed E-state index contributed by atoms with van der Waals surface area (Å²) in [5.41, 5.74) is 2.01. The van der Waals surface area contributed by atoms with Crippen LogP contribution in [-0.4, -0.2) is 29.1 Å². The Labute approximate surface area is 150 Å². The van der Waals surface area contributed by atoms with Crippen molar-refractivity contribution < 1.29 is 13.2 Å². The summed E-state index contributed by atoms with van der Waals surface area (Å²) in [5, 5.41) is 1.01. The highest BCUT2D eigenvalue weighted by molar-refractivity contribution is 5.95. The molecule has 1 saturated heterocycles. The number of halogens is 3. The summed E-state index contributed by atoms with van der Waals surface area (Å²) in [6.45, 7) is 4.26. The second-order valence-corrected chi connectivity index (χ2v) is 6.83. The Morgan fingerprint density at radius 3 is 2.50 bits per heavy atom. The largest absolute Gasteiger partial charge is 0.346 e. The Morgan fingerprint density at radius 2 is 1.77 bits per heavy atom. The Bertz CT molecular complexity index is 911. The van der Waals surface area contributed by atoms with Crippen LogP contribution in [0, 0.1) is 5.82 Å². The number of rotatable bonds is 5. The summed E-state index contributed by atoms with van der Waals surface area (Å²) in [6, 6.07) is 11.9. The van der Waals surface area contributed by atoms with E-state index in [1.807, 2.05) is 30.5 Å². The standard InChI is InChI=1S/C21H21F3N2/c22-19-14-15(6-7-18(19)21(23)24)16-4-3-5-20-17(16)8-11-26(20)13-12-25-9-1-2-10-25/h3-8,11,14,21H,1-2,9-10,12-13H2. The number of alkyl halides is 2. The Kier molecular flexibility index (Phi) is 4.72. The van der Waals surface area contributed by atoms with Gasteiger partial charge in [-0.15, -0.1) is 0 Å². The molecular formula is C21H21F3N2. The third-order valence-electron chi connectivity index (χ3n) is 5.22. The fourth-order valence-corrected chi connectivity index (χ4v) is 3.80. The molecule has 2 aromatic carbocycles. The zero-order valence-electron chi connectivity index (χ0n) is 14.5. The minimum absolute atomic E-state index is 0.552. The van der Waals surface area contributed by atoms with Crippen molar-refractivity contribution in [1.29, 1.82) is 0 Å². The average Bonchev–Trinajstić information content (AvgIpc) is 3.29.